The van der Waals surface area contributed by atoms with E-state index in [0.29, 0.717) is 5.15 Å². The Balaban J connectivity index is 2.06. The number of thiazole rings is 1. The molecule has 0 aliphatic heterocycles. The first-order valence-electron chi connectivity index (χ1n) is 6.22. The third kappa shape index (κ3) is 1.87. The number of pyridine rings is 1. The largest absolute Gasteiger partial charge is 0.236 e. The minimum atomic E-state index is 0.498. The van der Waals surface area contributed by atoms with Crippen molar-refractivity contribution in [1.82, 2.24) is 9.97 Å². The Morgan fingerprint density at radius 1 is 0.850 bits per heavy atom. The fourth-order valence-electron chi connectivity index (χ4n) is 2.31. The summed E-state index contributed by atoms with van der Waals surface area (Å²) in [6.07, 6.45) is 0. The van der Waals surface area contributed by atoms with E-state index in [-0.39, 0.29) is 0 Å². The predicted octanol–water partition coefficient (Wildman–Crippen LogP) is 5.16. The van der Waals surface area contributed by atoms with Crippen LogP contribution < -0.4 is 0 Å². The van der Waals surface area contributed by atoms with Crippen molar-refractivity contribution in [3.8, 4) is 10.6 Å². The van der Waals surface area contributed by atoms with Crippen molar-refractivity contribution in [3.63, 3.8) is 0 Å². The maximum Gasteiger partial charge on any atom is 0.130 e. The van der Waals surface area contributed by atoms with Gasteiger partial charge < -0.3 is 0 Å². The molecule has 0 saturated carbocycles. The van der Waals surface area contributed by atoms with E-state index >= 15 is 0 Å². The van der Waals surface area contributed by atoms with Crippen LogP contribution in [0.15, 0.2) is 54.6 Å². The molecule has 20 heavy (non-hydrogen) atoms. The number of hydrogen-bond donors (Lipinski definition) is 0. The zero-order valence-corrected chi connectivity index (χ0v) is 11.9. The number of halogens is 1. The first-order valence-corrected chi connectivity index (χ1v) is 7.42. The third-order valence-electron chi connectivity index (χ3n) is 3.21. The van der Waals surface area contributed by atoms with Gasteiger partial charge in [-0.1, -0.05) is 41.9 Å². The molecule has 2 heterocycles. The van der Waals surface area contributed by atoms with Crippen LogP contribution in [0.4, 0.5) is 0 Å². The summed E-state index contributed by atoms with van der Waals surface area (Å²) in [5.74, 6) is 0. The van der Waals surface area contributed by atoms with Crippen LogP contribution in [0.25, 0.3) is 31.7 Å². The Labute approximate surface area is 124 Å². The van der Waals surface area contributed by atoms with E-state index in [0.717, 1.165) is 27.0 Å². The first kappa shape index (κ1) is 11.8. The molecule has 4 rings (SSSR count). The molecule has 0 aliphatic rings. The standard InChI is InChI=1S/C16H9ClN2S/c17-15-9-11(10-5-1-2-6-12(10)18-15)16-19-13-7-3-4-8-14(13)20-16/h1-9H. The molecule has 0 unspecified atom stereocenters. The van der Waals surface area contributed by atoms with Gasteiger partial charge in [-0.15, -0.1) is 11.3 Å². The highest BCUT2D eigenvalue weighted by Gasteiger charge is 2.11. The molecule has 0 radical (unpaired) electrons. The molecule has 4 aromatic rings. The highest BCUT2D eigenvalue weighted by atomic mass is 35.5. The Morgan fingerprint density at radius 3 is 2.45 bits per heavy atom. The topological polar surface area (TPSA) is 25.8 Å². The second-order valence-electron chi connectivity index (χ2n) is 4.50. The van der Waals surface area contributed by atoms with E-state index in [2.05, 4.69) is 17.1 Å². The van der Waals surface area contributed by atoms with E-state index in [1.807, 2.05) is 42.5 Å². The average molecular weight is 297 g/mol. The summed E-state index contributed by atoms with van der Waals surface area (Å²) in [4.78, 5) is 9.06. The number of nitrogens with zero attached hydrogens (tertiary/aromatic N) is 2. The number of fused-ring (bicyclic) bond motifs is 2. The van der Waals surface area contributed by atoms with Crippen molar-refractivity contribution in [2.75, 3.05) is 0 Å². The summed E-state index contributed by atoms with van der Waals surface area (Å²) < 4.78 is 1.18. The Morgan fingerprint density at radius 2 is 1.60 bits per heavy atom. The summed E-state index contributed by atoms with van der Waals surface area (Å²) in [5, 5.41) is 2.56. The molecular formula is C16H9ClN2S. The Kier molecular flexibility index (Phi) is 2.69. The van der Waals surface area contributed by atoms with Crippen LogP contribution in [0.1, 0.15) is 0 Å². The molecule has 2 aromatic heterocycles. The van der Waals surface area contributed by atoms with Gasteiger partial charge in [-0.3, -0.25) is 0 Å². The van der Waals surface area contributed by atoms with Crippen LogP contribution in [-0.4, -0.2) is 9.97 Å². The SMILES string of the molecule is Clc1cc(-c2nc3ccccc3s2)c2ccccc2n1. The maximum absolute atomic E-state index is 6.14. The molecule has 0 bridgehead atoms. The van der Waals surface area contributed by atoms with Crippen LogP contribution in [-0.2, 0) is 0 Å². The van der Waals surface area contributed by atoms with Crippen molar-refractivity contribution in [2.45, 2.75) is 0 Å². The number of para-hydroxylation sites is 2. The fraction of sp³-hybridized carbons (Fsp3) is 0. The van der Waals surface area contributed by atoms with Gasteiger partial charge in [-0.25, -0.2) is 9.97 Å². The highest BCUT2D eigenvalue weighted by molar-refractivity contribution is 7.21. The van der Waals surface area contributed by atoms with Gasteiger partial charge in [-0.05, 0) is 24.3 Å². The normalized spacial score (nSPS) is 11.2. The lowest BCUT2D eigenvalue weighted by Crippen LogP contribution is -1.85. The van der Waals surface area contributed by atoms with Crippen LogP contribution in [0.5, 0.6) is 0 Å². The Bertz CT molecular complexity index is 897. The van der Waals surface area contributed by atoms with Gasteiger partial charge in [-0.2, -0.15) is 0 Å². The van der Waals surface area contributed by atoms with E-state index in [4.69, 9.17) is 16.6 Å². The monoisotopic (exact) mass is 296 g/mol. The van der Waals surface area contributed by atoms with E-state index in [9.17, 15) is 0 Å². The lowest BCUT2D eigenvalue weighted by atomic mass is 10.1. The van der Waals surface area contributed by atoms with Gasteiger partial charge in [0.05, 0.1) is 15.7 Å². The number of hydrogen-bond acceptors (Lipinski definition) is 3. The fourth-order valence-corrected chi connectivity index (χ4v) is 3.50. The Hall–Kier alpha value is -1.97. The molecule has 0 saturated heterocycles. The minimum Gasteiger partial charge on any atom is -0.236 e. The molecule has 2 nitrogen and oxygen atoms in total. The molecule has 0 spiro atoms. The summed E-state index contributed by atoms with van der Waals surface area (Å²) in [7, 11) is 0. The van der Waals surface area contributed by atoms with Gasteiger partial charge in [0, 0.05) is 10.9 Å². The van der Waals surface area contributed by atoms with Crippen molar-refractivity contribution >= 4 is 44.1 Å². The zero-order chi connectivity index (χ0) is 13.5. The van der Waals surface area contributed by atoms with Crippen LogP contribution in [0.2, 0.25) is 5.15 Å². The second kappa shape index (κ2) is 4.54. The van der Waals surface area contributed by atoms with Crippen molar-refractivity contribution in [2.24, 2.45) is 0 Å². The van der Waals surface area contributed by atoms with E-state index in [1.54, 1.807) is 11.3 Å². The molecule has 96 valence electrons. The molecule has 2 aromatic carbocycles. The molecular weight excluding hydrogens is 288 g/mol. The van der Waals surface area contributed by atoms with Gasteiger partial charge >= 0.3 is 0 Å². The van der Waals surface area contributed by atoms with Gasteiger partial charge in [0.25, 0.3) is 0 Å². The van der Waals surface area contributed by atoms with Crippen molar-refractivity contribution < 1.29 is 0 Å². The van der Waals surface area contributed by atoms with Crippen LogP contribution in [0, 0.1) is 0 Å². The predicted molar refractivity (Wildman–Crippen MR) is 85.4 cm³/mol. The first-order chi connectivity index (χ1) is 9.81. The number of aromatic nitrogens is 2. The minimum absolute atomic E-state index is 0.498. The van der Waals surface area contributed by atoms with E-state index < -0.39 is 0 Å². The van der Waals surface area contributed by atoms with Crippen molar-refractivity contribution in [1.29, 1.82) is 0 Å². The van der Waals surface area contributed by atoms with Gasteiger partial charge in [0.2, 0.25) is 0 Å². The molecule has 0 amide bonds. The molecule has 4 heteroatoms. The summed E-state index contributed by atoms with van der Waals surface area (Å²) >= 11 is 7.81. The molecule has 0 atom stereocenters. The van der Waals surface area contributed by atoms with E-state index in [1.165, 1.54) is 4.70 Å². The van der Waals surface area contributed by atoms with Crippen LogP contribution in [0.3, 0.4) is 0 Å². The number of rotatable bonds is 1. The number of benzene rings is 2. The highest BCUT2D eigenvalue weighted by Crippen LogP contribution is 2.35. The van der Waals surface area contributed by atoms with Crippen molar-refractivity contribution in [3.05, 3.63) is 59.8 Å². The summed E-state index contributed by atoms with van der Waals surface area (Å²) in [6, 6.07) is 18.0. The lowest BCUT2D eigenvalue weighted by molar-refractivity contribution is 1.40. The lowest BCUT2D eigenvalue weighted by Gasteiger charge is -2.03. The molecule has 0 N–H and O–H groups in total. The van der Waals surface area contributed by atoms with Gasteiger partial charge in [0.1, 0.15) is 10.2 Å². The smallest absolute Gasteiger partial charge is 0.130 e. The van der Waals surface area contributed by atoms with Gasteiger partial charge in [0.15, 0.2) is 0 Å². The summed E-state index contributed by atoms with van der Waals surface area (Å²) in [6.45, 7) is 0. The molecule has 0 aliphatic carbocycles. The summed E-state index contributed by atoms with van der Waals surface area (Å²) in [5.41, 5.74) is 2.96. The quantitative estimate of drug-likeness (QED) is 0.453. The molecule has 0 fully saturated rings. The van der Waals surface area contributed by atoms with Crippen LogP contribution >= 0.6 is 22.9 Å². The average Bonchev–Trinajstić information content (AvgIpc) is 2.90. The maximum atomic E-state index is 6.14. The third-order valence-corrected chi connectivity index (χ3v) is 4.47. The zero-order valence-electron chi connectivity index (χ0n) is 10.4. The second-order valence-corrected chi connectivity index (χ2v) is 5.91.